The molecule has 7 nitrogen and oxygen atoms in total. The second kappa shape index (κ2) is 8.70. The zero-order valence-electron chi connectivity index (χ0n) is 11.8. The average molecular weight is 294 g/mol. The van der Waals surface area contributed by atoms with Crippen LogP contribution in [0.5, 0.6) is 0 Å². The molecule has 7 heteroatoms. The van der Waals surface area contributed by atoms with Crippen molar-refractivity contribution in [2.75, 3.05) is 25.6 Å². The number of hydrogen-bond donors (Lipinski definition) is 2. The molecule has 0 spiro atoms. The summed E-state index contributed by atoms with van der Waals surface area (Å²) in [5.41, 5.74) is 5.89. The van der Waals surface area contributed by atoms with Crippen molar-refractivity contribution in [1.29, 1.82) is 0 Å². The Kier molecular flexibility index (Phi) is 6.90. The number of primary amides is 1. The van der Waals surface area contributed by atoms with E-state index in [4.69, 9.17) is 15.2 Å². The molecule has 1 aromatic rings. The predicted molar refractivity (Wildman–Crippen MR) is 75.7 cm³/mol. The van der Waals surface area contributed by atoms with Crippen LogP contribution in [0.15, 0.2) is 24.3 Å². The summed E-state index contributed by atoms with van der Waals surface area (Å²) in [4.78, 5) is 34.0. The molecule has 0 aliphatic rings. The third kappa shape index (κ3) is 6.53. The van der Waals surface area contributed by atoms with Gasteiger partial charge in [-0.05, 0) is 18.2 Å². The molecule has 0 atom stereocenters. The lowest BCUT2D eigenvalue weighted by Gasteiger charge is -2.06. The van der Waals surface area contributed by atoms with Crippen LogP contribution in [-0.2, 0) is 19.1 Å². The van der Waals surface area contributed by atoms with E-state index in [-0.39, 0.29) is 25.4 Å². The Bertz CT molecular complexity index is 516. The Morgan fingerprint density at radius 3 is 2.62 bits per heavy atom. The van der Waals surface area contributed by atoms with Gasteiger partial charge in [-0.25, -0.2) is 0 Å². The summed E-state index contributed by atoms with van der Waals surface area (Å²) in [6.45, 7) is 0.482. The van der Waals surface area contributed by atoms with Crippen LogP contribution in [-0.4, -0.2) is 38.1 Å². The molecular formula is C14H18N2O5. The van der Waals surface area contributed by atoms with Crippen molar-refractivity contribution < 1.29 is 23.9 Å². The number of anilines is 1. The van der Waals surface area contributed by atoms with Crippen LogP contribution < -0.4 is 11.1 Å². The fourth-order valence-electron chi connectivity index (χ4n) is 1.50. The molecule has 0 unspecified atom stereocenters. The van der Waals surface area contributed by atoms with Crippen LogP contribution in [0.2, 0.25) is 0 Å². The Labute approximate surface area is 122 Å². The van der Waals surface area contributed by atoms with Crippen LogP contribution in [0.1, 0.15) is 23.2 Å². The van der Waals surface area contributed by atoms with Gasteiger partial charge in [0, 0.05) is 24.8 Å². The Morgan fingerprint density at radius 1 is 1.19 bits per heavy atom. The molecule has 2 amide bonds. The van der Waals surface area contributed by atoms with Crippen LogP contribution >= 0.6 is 0 Å². The first kappa shape index (κ1) is 16.6. The van der Waals surface area contributed by atoms with Crippen molar-refractivity contribution in [2.24, 2.45) is 5.73 Å². The SMILES string of the molecule is COCCOC(=O)CCC(=O)Nc1cccc(C(N)=O)c1. The summed E-state index contributed by atoms with van der Waals surface area (Å²) < 4.78 is 9.56. The van der Waals surface area contributed by atoms with Crippen molar-refractivity contribution in [1.82, 2.24) is 0 Å². The maximum atomic E-state index is 11.7. The number of methoxy groups -OCH3 is 1. The van der Waals surface area contributed by atoms with E-state index in [1.807, 2.05) is 0 Å². The molecule has 0 radical (unpaired) electrons. The van der Waals surface area contributed by atoms with E-state index in [1.54, 1.807) is 18.2 Å². The highest BCUT2D eigenvalue weighted by atomic mass is 16.6. The summed E-state index contributed by atoms with van der Waals surface area (Å²) in [6.07, 6.45) is -0.0301. The number of carbonyl (C=O) groups excluding carboxylic acids is 3. The van der Waals surface area contributed by atoms with Gasteiger partial charge in [0.15, 0.2) is 0 Å². The highest BCUT2D eigenvalue weighted by Gasteiger charge is 2.09. The minimum absolute atomic E-state index is 0.00733. The van der Waals surface area contributed by atoms with Gasteiger partial charge in [-0.3, -0.25) is 14.4 Å². The summed E-state index contributed by atoms with van der Waals surface area (Å²) >= 11 is 0. The Hall–Kier alpha value is -2.41. The smallest absolute Gasteiger partial charge is 0.306 e. The molecular weight excluding hydrogens is 276 g/mol. The number of amides is 2. The fourth-order valence-corrected chi connectivity index (χ4v) is 1.50. The molecule has 0 aromatic heterocycles. The van der Waals surface area contributed by atoms with Crippen LogP contribution in [0.3, 0.4) is 0 Å². The number of nitrogens with two attached hydrogens (primary N) is 1. The van der Waals surface area contributed by atoms with Gasteiger partial charge in [0.2, 0.25) is 11.8 Å². The monoisotopic (exact) mass is 294 g/mol. The van der Waals surface area contributed by atoms with Crippen LogP contribution in [0.4, 0.5) is 5.69 Å². The van der Waals surface area contributed by atoms with Crippen molar-refractivity contribution in [3.63, 3.8) is 0 Å². The minimum Gasteiger partial charge on any atom is -0.463 e. The van der Waals surface area contributed by atoms with Gasteiger partial charge in [-0.15, -0.1) is 0 Å². The normalized spacial score (nSPS) is 9.95. The maximum Gasteiger partial charge on any atom is 0.306 e. The third-order valence-electron chi connectivity index (χ3n) is 2.54. The molecule has 0 saturated carbocycles. The van der Waals surface area contributed by atoms with Crippen molar-refractivity contribution in [3.05, 3.63) is 29.8 Å². The van der Waals surface area contributed by atoms with Gasteiger partial charge in [-0.1, -0.05) is 6.07 Å². The van der Waals surface area contributed by atoms with Crippen molar-refractivity contribution in [3.8, 4) is 0 Å². The zero-order chi connectivity index (χ0) is 15.7. The molecule has 0 fully saturated rings. The van der Waals surface area contributed by atoms with E-state index in [0.29, 0.717) is 17.9 Å². The topological polar surface area (TPSA) is 108 Å². The fraction of sp³-hybridized carbons (Fsp3) is 0.357. The van der Waals surface area contributed by atoms with Crippen LogP contribution in [0.25, 0.3) is 0 Å². The summed E-state index contributed by atoms with van der Waals surface area (Å²) in [5.74, 6) is -1.39. The number of benzene rings is 1. The molecule has 114 valence electrons. The molecule has 0 aliphatic carbocycles. The highest BCUT2D eigenvalue weighted by molar-refractivity contribution is 5.96. The second-order valence-electron chi connectivity index (χ2n) is 4.21. The Morgan fingerprint density at radius 2 is 1.95 bits per heavy atom. The lowest BCUT2D eigenvalue weighted by molar-refractivity contribution is -0.145. The lowest BCUT2D eigenvalue weighted by atomic mass is 10.2. The average Bonchev–Trinajstić information content (AvgIpc) is 2.45. The molecule has 0 heterocycles. The highest BCUT2D eigenvalue weighted by Crippen LogP contribution is 2.11. The van der Waals surface area contributed by atoms with Gasteiger partial charge < -0.3 is 20.5 Å². The van der Waals surface area contributed by atoms with E-state index in [9.17, 15) is 14.4 Å². The molecule has 3 N–H and O–H groups in total. The zero-order valence-corrected chi connectivity index (χ0v) is 11.8. The summed E-state index contributed by atoms with van der Waals surface area (Å²) in [6, 6.07) is 6.25. The standard InChI is InChI=1S/C14H18N2O5/c1-20-7-8-21-13(18)6-5-12(17)16-11-4-2-3-10(9-11)14(15)19/h2-4,9H,5-8H2,1H3,(H2,15,19)(H,16,17). The number of rotatable bonds is 8. The molecule has 0 saturated heterocycles. The van der Waals surface area contributed by atoms with Crippen molar-refractivity contribution >= 4 is 23.5 Å². The van der Waals surface area contributed by atoms with E-state index in [2.05, 4.69) is 5.32 Å². The number of ether oxygens (including phenoxy) is 2. The maximum absolute atomic E-state index is 11.7. The summed E-state index contributed by atoms with van der Waals surface area (Å²) in [5, 5.41) is 2.58. The first-order valence-electron chi connectivity index (χ1n) is 6.37. The number of nitrogens with one attached hydrogen (secondary N) is 1. The predicted octanol–water partition coefficient (Wildman–Crippen LogP) is 0.694. The quantitative estimate of drug-likeness (QED) is 0.542. The van der Waals surface area contributed by atoms with Gasteiger partial charge in [-0.2, -0.15) is 0 Å². The first-order valence-corrected chi connectivity index (χ1v) is 6.37. The van der Waals surface area contributed by atoms with E-state index in [1.165, 1.54) is 13.2 Å². The molecule has 0 aliphatic heterocycles. The largest absolute Gasteiger partial charge is 0.463 e. The van der Waals surface area contributed by atoms with Gasteiger partial charge in [0.25, 0.3) is 0 Å². The minimum atomic E-state index is -0.576. The number of carbonyl (C=O) groups is 3. The van der Waals surface area contributed by atoms with E-state index < -0.39 is 11.9 Å². The molecule has 1 aromatic carbocycles. The van der Waals surface area contributed by atoms with Gasteiger partial charge >= 0.3 is 5.97 Å². The number of esters is 1. The van der Waals surface area contributed by atoms with Gasteiger partial charge in [0.05, 0.1) is 13.0 Å². The Balaban J connectivity index is 2.38. The summed E-state index contributed by atoms with van der Waals surface area (Å²) in [7, 11) is 1.50. The third-order valence-corrected chi connectivity index (χ3v) is 2.54. The second-order valence-corrected chi connectivity index (χ2v) is 4.21. The van der Waals surface area contributed by atoms with Crippen LogP contribution in [0, 0.1) is 0 Å². The first-order chi connectivity index (χ1) is 10.0. The van der Waals surface area contributed by atoms with E-state index >= 15 is 0 Å². The van der Waals surface area contributed by atoms with Gasteiger partial charge in [0.1, 0.15) is 6.61 Å². The molecule has 1 rings (SSSR count). The molecule has 21 heavy (non-hydrogen) atoms. The lowest BCUT2D eigenvalue weighted by Crippen LogP contribution is -2.16. The number of hydrogen-bond acceptors (Lipinski definition) is 5. The van der Waals surface area contributed by atoms with Crippen molar-refractivity contribution in [2.45, 2.75) is 12.8 Å². The molecule has 0 bridgehead atoms. The van der Waals surface area contributed by atoms with E-state index in [0.717, 1.165) is 0 Å².